The van der Waals surface area contributed by atoms with Crippen LogP contribution in [0.4, 0.5) is 4.79 Å². The highest BCUT2D eigenvalue weighted by Crippen LogP contribution is 2.26. The van der Waals surface area contributed by atoms with E-state index >= 15 is 0 Å². The van der Waals surface area contributed by atoms with Crippen LogP contribution in [-0.2, 0) is 4.79 Å². The van der Waals surface area contributed by atoms with Gasteiger partial charge in [0, 0.05) is 39.8 Å². The lowest BCUT2D eigenvalue weighted by Crippen LogP contribution is -2.65. The van der Waals surface area contributed by atoms with Gasteiger partial charge in [-0.25, -0.2) is 9.79 Å². The predicted molar refractivity (Wildman–Crippen MR) is 116 cm³/mol. The minimum absolute atomic E-state index is 0.0614. The van der Waals surface area contributed by atoms with Gasteiger partial charge < -0.3 is 29.6 Å². The summed E-state index contributed by atoms with van der Waals surface area (Å²) >= 11 is 0. The molecule has 1 aromatic carbocycles. The fourth-order valence-corrected chi connectivity index (χ4v) is 4.27. The van der Waals surface area contributed by atoms with Crippen molar-refractivity contribution in [3.8, 4) is 5.75 Å². The average Bonchev–Trinajstić information content (AvgIpc) is 3.17. The molecule has 11 nitrogen and oxygen atoms in total. The van der Waals surface area contributed by atoms with Gasteiger partial charge in [0.1, 0.15) is 18.5 Å². The second-order valence-electron chi connectivity index (χ2n) is 8.18. The number of piperazine rings is 1. The molecule has 3 aliphatic rings. The Hall–Kier alpha value is -2.89. The van der Waals surface area contributed by atoms with Gasteiger partial charge in [-0.2, -0.15) is 0 Å². The molecule has 3 heterocycles. The Balaban J connectivity index is 1.48. The number of nitrogens with one attached hydrogen (secondary N) is 1. The van der Waals surface area contributed by atoms with E-state index in [1.807, 2.05) is 30.3 Å². The van der Waals surface area contributed by atoms with E-state index in [1.165, 1.54) is 4.90 Å². The second kappa shape index (κ2) is 9.72. The van der Waals surface area contributed by atoms with E-state index in [9.17, 15) is 19.8 Å². The monoisotopic (exact) mass is 446 g/mol. The van der Waals surface area contributed by atoms with Crippen molar-refractivity contribution < 1.29 is 24.5 Å². The lowest BCUT2D eigenvalue weighted by molar-refractivity contribution is -0.127. The molecule has 3 unspecified atom stereocenters. The number of fused-ring (bicyclic) bond motifs is 1. The number of carbonyl (C=O) groups is 2. The molecular formula is C21H30N6O5. The number of imide groups is 1. The van der Waals surface area contributed by atoms with E-state index in [0.29, 0.717) is 31.3 Å². The van der Waals surface area contributed by atoms with Crippen LogP contribution in [0.25, 0.3) is 0 Å². The molecule has 2 fully saturated rings. The standard InChI is InChI=1S/C21H30N6O5/c1-24-18-17(19(30)23-21(24)31)27(13-15(29)14-32-16-5-3-2-4-6-16)20(22-18)26-9-7-25(8-10-26)11-12-28/h2-6,15,17-18,28-29H,7-14H2,1H3,(H,23,30,31). The van der Waals surface area contributed by atoms with Gasteiger partial charge in [0.15, 0.2) is 18.2 Å². The molecule has 11 heteroatoms. The zero-order chi connectivity index (χ0) is 22.7. The molecule has 4 rings (SSSR count). The predicted octanol–water partition coefficient (Wildman–Crippen LogP) is -1.42. The number of hydrogen-bond acceptors (Lipinski definition) is 9. The number of aliphatic hydroxyl groups excluding tert-OH is 2. The number of carbonyl (C=O) groups excluding carboxylic acids is 2. The fraction of sp³-hybridized carbons (Fsp3) is 0.571. The molecule has 0 radical (unpaired) electrons. The summed E-state index contributed by atoms with van der Waals surface area (Å²) in [6.45, 7) is 3.77. The summed E-state index contributed by atoms with van der Waals surface area (Å²) in [5, 5.41) is 22.3. The van der Waals surface area contributed by atoms with Crippen molar-refractivity contribution in [1.29, 1.82) is 0 Å². The first kappa shape index (κ1) is 22.3. The average molecular weight is 447 g/mol. The van der Waals surface area contributed by atoms with Gasteiger partial charge in [-0.1, -0.05) is 18.2 Å². The molecule has 2 saturated heterocycles. The van der Waals surface area contributed by atoms with Gasteiger partial charge in [-0.3, -0.25) is 15.0 Å². The fourth-order valence-electron chi connectivity index (χ4n) is 4.27. The van der Waals surface area contributed by atoms with Crippen molar-refractivity contribution in [3.63, 3.8) is 0 Å². The van der Waals surface area contributed by atoms with Gasteiger partial charge in [0.25, 0.3) is 5.91 Å². The number of likely N-dealkylation sites (N-methyl/N-ethyl adjacent to an activating group) is 1. The van der Waals surface area contributed by atoms with E-state index in [2.05, 4.69) is 15.1 Å². The number of aliphatic imine (C=N–C) groups is 1. The number of amides is 3. The largest absolute Gasteiger partial charge is 0.491 e. The number of nitrogens with zero attached hydrogens (tertiary/aromatic N) is 5. The summed E-state index contributed by atoms with van der Waals surface area (Å²) < 4.78 is 5.68. The van der Waals surface area contributed by atoms with E-state index in [4.69, 9.17) is 9.73 Å². The van der Waals surface area contributed by atoms with Gasteiger partial charge in [0.2, 0.25) is 0 Å². The maximum Gasteiger partial charge on any atom is 0.325 e. The van der Waals surface area contributed by atoms with Gasteiger partial charge in [-0.05, 0) is 12.1 Å². The van der Waals surface area contributed by atoms with Crippen molar-refractivity contribution in [3.05, 3.63) is 30.3 Å². The highest BCUT2D eigenvalue weighted by atomic mass is 16.5. The summed E-state index contributed by atoms with van der Waals surface area (Å²) in [5.74, 6) is 0.825. The number of ether oxygens (including phenoxy) is 1. The summed E-state index contributed by atoms with van der Waals surface area (Å²) in [4.78, 5) is 37.0. The first-order valence-electron chi connectivity index (χ1n) is 10.8. The van der Waals surface area contributed by atoms with Gasteiger partial charge in [0.05, 0.1) is 13.2 Å². The SMILES string of the molecule is CN1C(=O)NC(=O)C2C1N=C(N1CCN(CCO)CC1)N2CC(O)COc1ccccc1. The summed E-state index contributed by atoms with van der Waals surface area (Å²) in [5.41, 5.74) is 0. The maximum absolute atomic E-state index is 12.7. The molecule has 3 N–H and O–H groups in total. The first-order chi connectivity index (χ1) is 15.5. The Kier molecular flexibility index (Phi) is 6.77. The van der Waals surface area contributed by atoms with Crippen molar-refractivity contribution >= 4 is 17.9 Å². The normalized spacial score (nSPS) is 24.8. The highest BCUT2D eigenvalue weighted by molar-refractivity contribution is 6.03. The minimum Gasteiger partial charge on any atom is -0.491 e. The van der Waals surface area contributed by atoms with Crippen LogP contribution in [0, 0.1) is 0 Å². The van der Waals surface area contributed by atoms with E-state index < -0.39 is 30.2 Å². The number of rotatable bonds is 7. The molecule has 174 valence electrons. The number of hydrogen-bond donors (Lipinski definition) is 3. The number of para-hydroxylation sites is 1. The Labute approximate surface area is 186 Å². The van der Waals surface area contributed by atoms with Gasteiger partial charge >= 0.3 is 6.03 Å². The molecule has 3 amide bonds. The van der Waals surface area contributed by atoms with E-state index in [1.54, 1.807) is 11.9 Å². The van der Waals surface area contributed by atoms with Gasteiger partial charge in [-0.15, -0.1) is 0 Å². The molecule has 0 saturated carbocycles. The lowest BCUT2D eigenvalue weighted by Gasteiger charge is -2.40. The molecule has 3 aliphatic heterocycles. The third-order valence-corrected chi connectivity index (χ3v) is 6.00. The molecule has 32 heavy (non-hydrogen) atoms. The van der Waals surface area contributed by atoms with Crippen LogP contribution in [0.5, 0.6) is 5.75 Å². The third-order valence-electron chi connectivity index (χ3n) is 6.00. The van der Waals surface area contributed by atoms with E-state index in [-0.39, 0.29) is 19.8 Å². The van der Waals surface area contributed by atoms with E-state index in [0.717, 1.165) is 13.1 Å². The second-order valence-corrected chi connectivity index (χ2v) is 8.18. The van der Waals surface area contributed by atoms with Crippen LogP contribution in [-0.4, -0.2) is 126 Å². The first-order valence-corrected chi connectivity index (χ1v) is 10.8. The Morgan fingerprint density at radius 1 is 1.19 bits per heavy atom. The van der Waals surface area contributed by atoms with Crippen LogP contribution in [0.15, 0.2) is 35.3 Å². The quantitative estimate of drug-likeness (QED) is 0.467. The molecule has 0 spiro atoms. The Morgan fingerprint density at radius 3 is 2.59 bits per heavy atom. The molecule has 3 atom stereocenters. The van der Waals surface area contributed by atoms with Crippen molar-refractivity contribution in [1.82, 2.24) is 24.9 Å². The number of aliphatic hydroxyl groups is 2. The van der Waals surface area contributed by atoms with Crippen molar-refractivity contribution in [2.75, 3.05) is 59.5 Å². The Bertz CT molecular complexity index is 844. The van der Waals surface area contributed by atoms with Crippen molar-refractivity contribution in [2.45, 2.75) is 18.3 Å². The zero-order valence-corrected chi connectivity index (χ0v) is 18.1. The topological polar surface area (TPSA) is 121 Å². The number of β-amino-alcohol motifs (C(OH)–C–C–N with tert-alkyl or cyclic N) is 2. The lowest BCUT2D eigenvalue weighted by atomic mass is 10.1. The van der Waals surface area contributed by atoms with Crippen LogP contribution in [0.1, 0.15) is 0 Å². The Morgan fingerprint density at radius 2 is 1.91 bits per heavy atom. The third kappa shape index (κ3) is 4.64. The number of benzene rings is 1. The zero-order valence-electron chi connectivity index (χ0n) is 18.1. The number of guanidine groups is 1. The van der Waals surface area contributed by atoms with Crippen molar-refractivity contribution in [2.24, 2.45) is 4.99 Å². The molecule has 0 aromatic heterocycles. The minimum atomic E-state index is -0.870. The molecule has 0 aliphatic carbocycles. The van der Waals surface area contributed by atoms with Crippen LogP contribution < -0.4 is 10.1 Å². The summed E-state index contributed by atoms with van der Waals surface area (Å²) in [7, 11) is 1.61. The highest BCUT2D eigenvalue weighted by Gasteiger charge is 2.50. The van der Waals surface area contributed by atoms with Crippen LogP contribution in [0.2, 0.25) is 0 Å². The van der Waals surface area contributed by atoms with Crippen LogP contribution in [0.3, 0.4) is 0 Å². The maximum atomic E-state index is 12.7. The molecule has 1 aromatic rings. The molecular weight excluding hydrogens is 416 g/mol. The number of urea groups is 1. The summed E-state index contributed by atoms with van der Waals surface area (Å²) in [6, 6.07) is 8.02. The smallest absolute Gasteiger partial charge is 0.325 e. The van der Waals surface area contributed by atoms with Crippen LogP contribution >= 0.6 is 0 Å². The summed E-state index contributed by atoms with van der Waals surface area (Å²) in [6.07, 6.45) is -1.52. The molecule has 0 bridgehead atoms.